The van der Waals surface area contributed by atoms with Crippen molar-refractivity contribution in [3.05, 3.63) is 35.4 Å². The molecule has 1 aliphatic heterocycles. The third kappa shape index (κ3) is 4.34. The predicted molar refractivity (Wildman–Crippen MR) is 74.3 cm³/mol. The van der Waals surface area contributed by atoms with Crippen LogP contribution in [0.2, 0.25) is 0 Å². The molecule has 1 atom stereocenters. The Morgan fingerprint density at radius 3 is 3.06 bits per heavy atom. The van der Waals surface area contributed by atoms with Crippen LogP contribution >= 0.6 is 11.8 Å². The molecule has 1 heterocycles. The summed E-state index contributed by atoms with van der Waals surface area (Å²) in [7, 11) is 1.74. The van der Waals surface area contributed by atoms with Gasteiger partial charge < -0.3 is 10.1 Å². The Balaban J connectivity index is 1.75. The van der Waals surface area contributed by atoms with Gasteiger partial charge in [0.2, 0.25) is 0 Å². The number of nitrogens with one attached hydrogen (secondary N) is 1. The van der Waals surface area contributed by atoms with Crippen LogP contribution < -0.4 is 5.32 Å². The Hall–Kier alpha value is -0.510. The molecule has 0 aliphatic carbocycles. The number of thioether (sulfide) groups is 1. The first kappa shape index (κ1) is 12.9. The standard InChI is InChI=1S/C14H21NOS/c1-16-10-13-4-2-3-12(7-13)8-15-9-14-5-6-17-11-14/h2-4,7,14-15H,5-6,8-11H2,1H3. The molecule has 1 saturated heterocycles. The molecule has 1 unspecified atom stereocenters. The fraction of sp³-hybridized carbons (Fsp3) is 0.571. The molecule has 3 heteroatoms. The van der Waals surface area contributed by atoms with Crippen molar-refractivity contribution in [3.8, 4) is 0 Å². The van der Waals surface area contributed by atoms with Crippen LogP contribution in [0.1, 0.15) is 17.5 Å². The van der Waals surface area contributed by atoms with E-state index in [2.05, 4.69) is 41.3 Å². The normalized spacial score (nSPS) is 19.7. The van der Waals surface area contributed by atoms with Crippen LogP contribution in [0.4, 0.5) is 0 Å². The molecule has 2 rings (SSSR count). The number of hydrogen-bond acceptors (Lipinski definition) is 3. The maximum absolute atomic E-state index is 5.15. The summed E-state index contributed by atoms with van der Waals surface area (Å²) in [5, 5.41) is 3.56. The van der Waals surface area contributed by atoms with E-state index >= 15 is 0 Å². The Labute approximate surface area is 108 Å². The first-order valence-corrected chi connectivity index (χ1v) is 7.39. The summed E-state index contributed by atoms with van der Waals surface area (Å²) in [5.41, 5.74) is 2.61. The maximum Gasteiger partial charge on any atom is 0.0713 e. The van der Waals surface area contributed by atoms with Crippen LogP contribution in [-0.4, -0.2) is 25.2 Å². The Morgan fingerprint density at radius 2 is 2.29 bits per heavy atom. The van der Waals surface area contributed by atoms with Gasteiger partial charge in [-0.2, -0.15) is 11.8 Å². The van der Waals surface area contributed by atoms with Crippen molar-refractivity contribution in [2.75, 3.05) is 25.2 Å². The lowest BCUT2D eigenvalue weighted by atomic mass is 10.1. The molecule has 0 radical (unpaired) electrons. The van der Waals surface area contributed by atoms with Gasteiger partial charge in [0.15, 0.2) is 0 Å². The van der Waals surface area contributed by atoms with Crippen molar-refractivity contribution >= 4 is 11.8 Å². The molecule has 0 bridgehead atoms. The molecule has 94 valence electrons. The van der Waals surface area contributed by atoms with Gasteiger partial charge in [0, 0.05) is 13.7 Å². The number of ether oxygens (including phenoxy) is 1. The van der Waals surface area contributed by atoms with Gasteiger partial charge in [0.05, 0.1) is 6.61 Å². The number of hydrogen-bond donors (Lipinski definition) is 1. The minimum absolute atomic E-state index is 0.701. The molecular formula is C14H21NOS. The first-order valence-electron chi connectivity index (χ1n) is 6.23. The highest BCUT2D eigenvalue weighted by atomic mass is 32.2. The summed E-state index contributed by atoms with van der Waals surface area (Å²) in [4.78, 5) is 0. The van der Waals surface area contributed by atoms with E-state index in [1.54, 1.807) is 7.11 Å². The summed E-state index contributed by atoms with van der Waals surface area (Å²) in [6.45, 7) is 2.83. The zero-order valence-electron chi connectivity index (χ0n) is 10.4. The number of methoxy groups -OCH3 is 1. The van der Waals surface area contributed by atoms with Gasteiger partial charge in [0.25, 0.3) is 0 Å². The van der Waals surface area contributed by atoms with Gasteiger partial charge in [-0.1, -0.05) is 24.3 Å². The van der Waals surface area contributed by atoms with Gasteiger partial charge in [-0.05, 0) is 41.5 Å². The molecule has 1 aromatic rings. The van der Waals surface area contributed by atoms with Crippen LogP contribution in [0.15, 0.2) is 24.3 Å². The molecule has 0 spiro atoms. The fourth-order valence-corrected chi connectivity index (χ4v) is 3.45. The Kier molecular flexibility index (Phi) is 5.36. The van der Waals surface area contributed by atoms with Crippen LogP contribution in [0, 0.1) is 5.92 Å². The summed E-state index contributed by atoms with van der Waals surface area (Å²) >= 11 is 2.08. The highest BCUT2D eigenvalue weighted by molar-refractivity contribution is 7.99. The van der Waals surface area contributed by atoms with E-state index in [9.17, 15) is 0 Å². The van der Waals surface area contributed by atoms with E-state index in [0.717, 1.165) is 19.0 Å². The molecule has 1 aromatic carbocycles. The SMILES string of the molecule is COCc1cccc(CNCC2CCSC2)c1. The predicted octanol–water partition coefficient (Wildman–Crippen LogP) is 2.68. The fourth-order valence-electron chi connectivity index (χ4n) is 2.16. The van der Waals surface area contributed by atoms with Gasteiger partial charge in [0.1, 0.15) is 0 Å². The molecule has 0 amide bonds. The Morgan fingerprint density at radius 1 is 1.41 bits per heavy atom. The van der Waals surface area contributed by atoms with Crippen molar-refractivity contribution in [2.45, 2.75) is 19.6 Å². The second-order valence-corrected chi connectivity index (χ2v) is 5.76. The molecule has 0 aromatic heterocycles. The quantitative estimate of drug-likeness (QED) is 0.840. The number of benzene rings is 1. The lowest BCUT2D eigenvalue weighted by Gasteiger charge is -2.10. The first-order chi connectivity index (χ1) is 8.38. The molecule has 1 fully saturated rings. The molecule has 1 aliphatic rings. The smallest absolute Gasteiger partial charge is 0.0713 e. The average Bonchev–Trinajstić information content (AvgIpc) is 2.83. The van der Waals surface area contributed by atoms with Gasteiger partial charge >= 0.3 is 0 Å². The summed E-state index contributed by atoms with van der Waals surface area (Å²) in [6, 6.07) is 8.62. The van der Waals surface area contributed by atoms with E-state index in [4.69, 9.17) is 4.74 Å². The topological polar surface area (TPSA) is 21.3 Å². The van der Waals surface area contributed by atoms with E-state index in [1.807, 2.05) is 0 Å². The van der Waals surface area contributed by atoms with E-state index in [0.29, 0.717) is 6.61 Å². The average molecular weight is 251 g/mol. The van der Waals surface area contributed by atoms with Crippen molar-refractivity contribution in [3.63, 3.8) is 0 Å². The highest BCUT2D eigenvalue weighted by Crippen LogP contribution is 2.22. The summed E-state index contributed by atoms with van der Waals surface area (Å²) in [5.74, 6) is 3.55. The minimum Gasteiger partial charge on any atom is -0.380 e. The molecule has 17 heavy (non-hydrogen) atoms. The lowest BCUT2D eigenvalue weighted by molar-refractivity contribution is 0.185. The van der Waals surface area contributed by atoms with Gasteiger partial charge in [-0.25, -0.2) is 0 Å². The van der Waals surface area contributed by atoms with Crippen LogP contribution in [0.25, 0.3) is 0 Å². The van der Waals surface area contributed by atoms with E-state index in [-0.39, 0.29) is 0 Å². The van der Waals surface area contributed by atoms with Crippen molar-refractivity contribution in [1.82, 2.24) is 5.32 Å². The van der Waals surface area contributed by atoms with Crippen LogP contribution in [0.5, 0.6) is 0 Å². The second kappa shape index (κ2) is 7.04. The summed E-state index contributed by atoms with van der Waals surface area (Å²) < 4.78 is 5.15. The van der Waals surface area contributed by atoms with Gasteiger partial charge in [-0.15, -0.1) is 0 Å². The zero-order valence-corrected chi connectivity index (χ0v) is 11.3. The molecule has 1 N–H and O–H groups in total. The van der Waals surface area contributed by atoms with E-state index < -0.39 is 0 Å². The van der Waals surface area contributed by atoms with Crippen molar-refractivity contribution in [2.24, 2.45) is 5.92 Å². The van der Waals surface area contributed by atoms with Crippen molar-refractivity contribution < 1.29 is 4.74 Å². The monoisotopic (exact) mass is 251 g/mol. The van der Waals surface area contributed by atoms with Gasteiger partial charge in [-0.3, -0.25) is 0 Å². The highest BCUT2D eigenvalue weighted by Gasteiger charge is 2.14. The summed E-state index contributed by atoms with van der Waals surface area (Å²) in [6.07, 6.45) is 1.38. The lowest BCUT2D eigenvalue weighted by Crippen LogP contribution is -2.22. The van der Waals surface area contributed by atoms with Crippen molar-refractivity contribution in [1.29, 1.82) is 0 Å². The molecule has 0 saturated carbocycles. The Bertz CT molecular complexity index is 337. The molecular weight excluding hydrogens is 230 g/mol. The third-order valence-corrected chi connectivity index (χ3v) is 4.32. The third-order valence-electron chi connectivity index (χ3n) is 3.09. The zero-order chi connectivity index (χ0) is 11.9. The second-order valence-electron chi connectivity index (χ2n) is 4.61. The van der Waals surface area contributed by atoms with Crippen LogP contribution in [0.3, 0.4) is 0 Å². The van der Waals surface area contributed by atoms with Crippen LogP contribution in [-0.2, 0) is 17.9 Å². The number of rotatable bonds is 6. The maximum atomic E-state index is 5.15. The minimum atomic E-state index is 0.701. The molecule has 2 nitrogen and oxygen atoms in total. The van der Waals surface area contributed by atoms with E-state index in [1.165, 1.54) is 29.1 Å². The largest absolute Gasteiger partial charge is 0.380 e.